The van der Waals surface area contributed by atoms with Crippen LogP contribution in [0, 0.1) is 17.7 Å². The molecule has 0 aliphatic carbocycles. The highest BCUT2D eigenvalue weighted by molar-refractivity contribution is 6.30. The van der Waals surface area contributed by atoms with Gasteiger partial charge >= 0.3 is 12.0 Å². The quantitative estimate of drug-likeness (QED) is 0.882. The molecule has 0 saturated carbocycles. The van der Waals surface area contributed by atoms with E-state index in [0.717, 1.165) is 6.07 Å². The van der Waals surface area contributed by atoms with Gasteiger partial charge in [0.05, 0.1) is 11.6 Å². The number of rotatable bonds is 2. The van der Waals surface area contributed by atoms with E-state index >= 15 is 0 Å². The third-order valence-electron chi connectivity index (χ3n) is 3.39. The number of benzene rings is 1. The largest absolute Gasteiger partial charge is 0.481 e. The van der Waals surface area contributed by atoms with Crippen molar-refractivity contribution in [2.75, 3.05) is 18.4 Å². The van der Waals surface area contributed by atoms with Crippen LogP contribution in [0.4, 0.5) is 14.9 Å². The minimum Gasteiger partial charge on any atom is -0.481 e. The second-order valence-electron chi connectivity index (χ2n) is 4.88. The second kappa shape index (κ2) is 5.66. The number of anilines is 1. The number of carboxylic acid groups (broad SMARTS) is 1. The van der Waals surface area contributed by atoms with Gasteiger partial charge in [0.2, 0.25) is 0 Å². The summed E-state index contributed by atoms with van der Waals surface area (Å²) in [7, 11) is 0. The maximum Gasteiger partial charge on any atom is 0.321 e. The SMILES string of the molecule is C[C@@H]1CN(C(=O)Nc2cc(Cl)ccc2F)C[C@H]1C(=O)O. The van der Waals surface area contributed by atoms with Crippen molar-refractivity contribution >= 4 is 29.3 Å². The Morgan fingerprint density at radius 2 is 2.15 bits per heavy atom. The van der Waals surface area contributed by atoms with Crippen LogP contribution in [0.15, 0.2) is 18.2 Å². The Morgan fingerprint density at radius 3 is 2.75 bits per heavy atom. The molecule has 2 rings (SSSR count). The number of halogens is 2. The molecule has 1 aliphatic heterocycles. The monoisotopic (exact) mass is 300 g/mol. The molecule has 0 aromatic heterocycles. The lowest BCUT2D eigenvalue weighted by Crippen LogP contribution is -2.34. The average molecular weight is 301 g/mol. The van der Waals surface area contributed by atoms with Crippen LogP contribution in [0.5, 0.6) is 0 Å². The number of hydrogen-bond donors (Lipinski definition) is 2. The van der Waals surface area contributed by atoms with Crippen LogP contribution >= 0.6 is 11.6 Å². The lowest BCUT2D eigenvalue weighted by molar-refractivity contribution is -0.142. The molecule has 1 saturated heterocycles. The molecule has 2 atom stereocenters. The number of hydrogen-bond acceptors (Lipinski definition) is 2. The van der Waals surface area contributed by atoms with Crippen LogP contribution in [0.3, 0.4) is 0 Å². The summed E-state index contributed by atoms with van der Waals surface area (Å²) < 4.78 is 13.5. The van der Waals surface area contributed by atoms with E-state index in [0.29, 0.717) is 11.6 Å². The molecular formula is C13H14ClFN2O3. The molecule has 0 bridgehead atoms. The molecule has 5 nitrogen and oxygen atoms in total. The van der Waals surface area contributed by atoms with Crippen molar-refractivity contribution in [2.24, 2.45) is 11.8 Å². The molecule has 1 aromatic rings. The van der Waals surface area contributed by atoms with Crippen LogP contribution in [0.2, 0.25) is 5.02 Å². The molecule has 1 fully saturated rings. The first-order valence-electron chi connectivity index (χ1n) is 6.12. The second-order valence-corrected chi connectivity index (χ2v) is 5.32. The van der Waals surface area contributed by atoms with Crippen LogP contribution in [-0.4, -0.2) is 35.1 Å². The maximum atomic E-state index is 13.5. The lowest BCUT2D eigenvalue weighted by Gasteiger charge is -2.17. The summed E-state index contributed by atoms with van der Waals surface area (Å²) in [5, 5.41) is 11.7. The van der Waals surface area contributed by atoms with Crippen molar-refractivity contribution in [3.05, 3.63) is 29.0 Å². The first-order valence-corrected chi connectivity index (χ1v) is 6.50. The van der Waals surface area contributed by atoms with E-state index in [1.54, 1.807) is 6.92 Å². The van der Waals surface area contributed by atoms with Gasteiger partial charge in [0.15, 0.2) is 0 Å². The number of nitrogens with zero attached hydrogens (tertiary/aromatic N) is 1. The third kappa shape index (κ3) is 3.01. The Bertz CT molecular complexity index is 552. The van der Waals surface area contributed by atoms with E-state index in [4.69, 9.17) is 16.7 Å². The smallest absolute Gasteiger partial charge is 0.321 e. The van der Waals surface area contributed by atoms with Crippen molar-refractivity contribution in [2.45, 2.75) is 6.92 Å². The Labute approximate surface area is 120 Å². The van der Waals surface area contributed by atoms with Gasteiger partial charge in [-0.2, -0.15) is 0 Å². The van der Waals surface area contributed by atoms with Crippen molar-refractivity contribution in [1.29, 1.82) is 0 Å². The predicted molar refractivity (Wildman–Crippen MR) is 72.3 cm³/mol. The number of aliphatic carboxylic acids is 1. The molecule has 20 heavy (non-hydrogen) atoms. The first kappa shape index (κ1) is 14.6. The number of carbonyl (C=O) groups excluding carboxylic acids is 1. The van der Waals surface area contributed by atoms with E-state index in [2.05, 4.69) is 5.32 Å². The van der Waals surface area contributed by atoms with Gasteiger partial charge in [-0.1, -0.05) is 18.5 Å². The lowest BCUT2D eigenvalue weighted by atomic mass is 9.99. The minimum absolute atomic E-state index is 0.0195. The Kier molecular flexibility index (Phi) is 4.13. The van der Waals surface area contributed by atoms with Gasteiger partial charge in [0.25, 0.3) is 0 Å². The van der Waals surface area contributed by atoms with Gasteiger partial charge in [0.1, 0.15) is 5.82 Å². The highest BCUT2D eigenvalue weighted by atomic mass is 35.5. The zero-order valence-corrected chi connectivity index (χ0v) is 11.5. The van der Waals surface area contributed by atoms with E-state index < -0.39 is 23.7 Å². The van der Waals surface area contributed by atoms with Crippen molar-refractivity contribution in [3.8, 4) is 0 Å². The van der Waals surface area contributed by atoms with Gasteiger partial charge in [-0.3, -0.25) is 4.79 Å². The van der Waals surface area contributed by atoms with E-state index in [1.807, 2.05) is 0 Å². The molecule has 0 spiro atoms. The standard InChI is InChI=1S/C13H14ClFN2O3/c1-7-5-17(6-9(7)12(18)19)13(20)16-11-4-8(14)2-3-10(11)15/h2-4,7,9H,5-6H2,1H3,(H,16,20)(H,18,19)/t7-,9-/m1/s1. The number of nitrogens with one attached hydrogen (secondary N) is 1. The molecule has 2 amide bonds. The predicted octanol–water partition coefficient (Wildman–Crippen LogP) is 2.66. The summed E-state index contributed by atoms with van der Waals surface area (Å²) in [5.74, 6) is -2.25. The fraction of sp³-hybridized carbons (Fsp3) is 0.385. The minimum atomic E-state index is -0.929. The van der Waals surface area contributed by atoms with Crippen molar-refractivity contribution in [3.63, 3.8) is 0 Å². The van der Waals surface area contributed by atoms with Crippen LogP contribution in [0.1, 0.15) is 6.92 Å². The summed E-state index contributed by atoms with van der Waals surface area (Å²) in [6, 6.07) is 3.32. The van der Waals surface area contributed by atoms with Gasteiger partial charge in [-0.15, -0.1) is 0 Å². The molecule has 108 valence electrons. The summed E-state index contributed by atoms with van der Waals surface area (Å²) in [4.78, 5) is 24.4. The topological polar surface area (TPSA) is 69.6 Å². The molecule has 1 heterocycles. The molecule has 2 N–H and O–H groups in total. The van der Waals surface area contributed by atoms with Crippen LogP contribution < -0.4 is 5.32 Å². The fourth-order valence-corrected chi connectivity index (χ4v) is 2.41. The van der Waals surface area contributed by atoms with Gasteiger partial charge in [-0.25, -0.2) is 9.18 Å². The Balaban J connectivity index is 2.06. The highest BCUT2D eigenvalue weighted by Gasteiger charge is 2.37. The fourth-order valence-electron chi connectivity index (χ4n) is 2.24. The molecular weight excluding hydrogens is 287 g/mol. The average Bonchev–Trinajstić information content (AvgIpc) is 2.76. The number of likely N-dealkylation sites (tertiary alicyclic amines) is 1. The zero-order valence-electron chi connectivity index (χ0n) is 10.8. The normalized spacial score (nSPS) is 21.9. The number of carbonyl (C=O) groups is 2. The summed E-state index contributed by atoms with van der Waals surface area (Å²) in [6.07, 6.45) is 0. The van der Waals surface area contributed by atoms with Crippen molar-refractivity contribution < 1.29 is 19.1 Å². The molecule has 0 unspecified atom stereocenters. The number of urea groups is 1. The maximum absolute atomic E-state index is 13.5. The third-order valence-corrected chi connectivity index (χ3v) is 3.62. The molecule has 0 radical (unpaired) electrons. The van der Waals surface area contributed by atoms with E-state index in [1.165, 1.54) is 17.0 Å². The van der Waals surface area contributed by atoms with E-state index in [-0.39, 0.29) is 18.2 Å². The zero-order chi connectivity index (χ0) is 14.9. The Hall–Kier alpha value is -1.82. The van der Waals surface area contributed by atoms with Crippen LogP contribution in [0.25, 0.3) is 0 Å². The number of amides is 2. The first-order chi connectivity index (χ1) is 9.38. The molecule has 1 aromatic carbocycles. The van der Waals surface area contributed by atoms with Gasteiger partial charge in [0, 0.05) is 18.1 Å². The summed E-state index contributed by atoms with van der Waals surface area (Å²) in [5.41, 5.74) is -0.0195. The van der Waals surface area contributed by atoms with Crippen LogP contribution in [-0.2, 0) is 4.79 Å². The molecule has 1 aliphatic rings. The number of carboxylic acids is 1. The summed E-state index contributed by atoms with van der Waals surface area (Å²) in [6.45, 7) is 2.21. The van der Waals surface area contributed by atoms with Gasteiger partial charge in [-0.05, 0) is 24.1 Å². The molecule has 7 heteroatoms. The van der Waals surface area contributed by atoms with Crippen molar-refractivity contribution in [1.82, 2.24) is 4.90 Å². The summed E-state index contributed by atoms with van der Waals surface area (Å²) >= 11 is 5.74. The highest BCUT2D eigenvalue weighted by Crippen LogP contribution is 2.25. The van der Waals surface area contributed by atoms with E-state index in [9.17, 15) is 14.0 Å². The Morgan fingerprint density at radius 1 is 1.45 bits per heavy atom. The van der Waals surface area contributed by atoms with Gasteiger partial charge < -0.3 is 15.3 Å².